The molecule has 0 saturated heterocycles. The molecule has 3 heteroatoms. The predicted molar refractivity (Wildman–Crippen MR) is 82.4 cm³/mol. The first-order valence-electron chi connectivity index (χ1n) is 7.68. The van der Waals surface area contributed by atoms with Gasteiger partial charge in [-0.15, -0.1) is 0 Å². The van der Waals surface area contributed by atoms with Gasteiger partial charge in [0.05, 0.1) is 13.2 Å². The van der Waals surface area contributed by atoms with E-state index in [4.69, 9.17) is 15.2 Å². The van der Waals surface area contributed by atoms with Gasteiger partial charge < -0.3 is 15.2 Å². The fourth-order valence-corrected chi connectivity index (χ4v) is 2.88. The van der Waals surface area contributed by atoms with E-state index in [1.807, 2.05) is 19.1 Å². The van der Waals surface area contributed by atoms with Crippen LogP contribution in [0.4, 0.5) is 0 Å². The first kappa shape index (κ1) is 15.2. The quantitative estimate of drug-likeness (QED) is 0.895. The van der Waals surface area contributed by atoms with Crippen molar-refractivity contribution >= 4 is 0 Å². The lowest BCUT2D eigenvalue weighted by atomic mass is 9.89. The summed E-state index contributed by atoms with van der Waals surface area (Å²) < 4.78 is 11.7. The summed E-state index contributed by atoms with van der Waals surface area (Å²) in [7, 11) is 1.70. The van der Waals surface area contributed by atoms with Crippen LogP contribution in [0.1, 0.15) is 45.1 Å². The summed E-state index contributed by atoms with van der Waals surface area (Å²) in [5.41, 5.74) is 7.09. The summed E-state index contributed by atoms with van der Waals surface area (Å²) in [4.78, 5) is 0. The topological polar surface area (TPSA) is 44.5 Å². The minimum absolute atomic E-state index is 0.121. The van der Waals surface area contributed by atoms with Crippen LogP contribution in [0.2, 0.25) is 0 Å². The van der Waals surface area contributed by atoms with Gasteiger partial charge in [-0.1, -0.05) is 19.1 Å². The number of ether oxygens (including phenoxy) is 2. The van der Waals surface area contributed by atoms with Crippen LogP contribution in [0.3, 0.4) is 0 Å². The molecule has 1 unspecified atom stereocenters. The standard InChI is InChI=1S/C17H27NO2/c1-12-7-9-15(10-8-12)20-17-14(11-13(2)18)5-4-6-16(17)19-3/h4-6,12-13,15H,7-11,18H2,1-3H3. The first-order valence-corrected chi connectivity index (χ1v) is 7.68. The Kier molecular flexibility index (Phi) is 5.30. The van der Waals surface area contributed by atoms with Crippen LogP contribution in [0.15, 0.2) is 18.2 Å². The Balaban J connectivity index is 2.15. The average Bonchev–Trinajstić information content (AvgIpc) is 2.42. The van der Waals surface area contributed by atoms with Crippen LogP contribution >= 0.6 is 0 Å². The lowest BCUT2D eigenvalue weighted by Crippen LogP contribution is -2.24. The van der Waals surface area contributed by atoms with E-state index in [9.17, 15) is 0 Å². The molecule has 1 aromatic rings. The number of hydrogen-bond donors (Lipinski definition) is 1. The summed E-state index contributed by atoms with van der Waals surface area (Å²) in [6.07, 6.45) is 5.91. The zero-order chi connectivity index (χ0) is 14.5. The molecule has 0 bridgehead atoms. The van der Waals surface area contributed by atoms with E-state index >= 15 is 0 Å². The van der Waals surface area contributed by atoms with Crippen molar-refractivity contribution in [2.24, 2.45) is 11.7 Å². The highest BCUT2D eigenvalue weighted by molar-refractivity contribution is 5.47. The number of nitrogens with two attached hydrogens (primary N) is 1. The van der Waals surface area contributed by atoms with Gasteiger partial charge in [0.25, 0.3) is 0 Å². The Labute approximate surface area is 122 Å². The number of methoxy groups -OCH3 is 1. The van der Waals surface area contributed by atoms with Gasteiger partial charge >= 0.3 is 0 Å². The maximum absolute atomic E-state index is 6.28. The minimum atomic E-state index is 0.121. The van der Waals surface area contributed by atoms with Crippen molar-refractivity contribution in [2.45, 2.75) is 58.1 Å². The number of para-hydroxylation sites is 1. The molecule has 2 N–H and O–H groups in total. The molecule has 1 fully saturated rings. The molecule has 112 valence electrons. The Morgan fingerprint density at radius 3 is 2.55 bits per heavy atom. The van der Waals surface area contributed by atoms with E-state index in [1.165, 1.54) is 12.8 Å². The van der Waals surface area contributed by atoms with E-state index in [-0.39, 0.29) is 6.04 Å². The van der Waals surface area contributed by atoms with E-state index in [0.29, 0.717) is 6.10 Å². The molecule has 1 aromatic carbocycles. The second kappa shape index (κ2) is 6.98. The van der Waals surface area contributed by atoms with Crippen molar-refractivity contribution in [1.82, 2.24) is 0 Å². The largest absolute Gasteiger partial charge is 0.493 e. The third-order valence-electron chi connectivity index (χ3n) is 4.07. The zero-order valence-electron chi connectivity index (χ0n) is 12.9. The third-order valence-corrected chi connectivity index (χ3v) is 4.07. The first-order chi connectivity index (χ1) is 9.60. The van der Waals surface area contributed by atoms with Crippen molar-refractivity contribution < 1.29 is 9.47 Å². The molecular weight excluding hydrogens is 250 g/mol. The molecule has 0 heterocycles. The Morgan fingerprint density at radius 2 is 1.95 bits per heavy atom. The fraction of sp³-hybridized carbons (Fsp3) is 0.647. The number of hydrogen-bond acceptors (Lipinski definition) is 3. The molecule has 0 aromatic heterocycles. The summed E-state index contributed by atoms with van der Waals surface area (Å²) >= 11 is 0. The molecule has 1 aliphatic carbocycles. The van der Waals surface area contributed by atoms with Gasteiger partial charge in [-0.25, -0.2) is 0 Å². The van der Waals surface area contributed by atoms with E-state index in [1.54, 1.807) is 7.11 Å². The molecule has 0 amide bonds. The highest BCUT2D eigenvalue weighted by Crippen LogP contribution is 2.35. The van der Waals surface area contributed by atoms with Gasteiger partial charge in [0.15, 0.2) is 11.5 Å². The van der Waals surface area contributed by atoms with Crippen LogP contribution in [-0.2, 0) is 6.42 Å². The lowest BCUT2D eigenvalue weighted by molar-refractivity contribution is 0.130. The smallest absolute Gasteiger partial charge is 0.164 e. The molecule has 1 atom stereocenters. The average molecular weight is 277 g/mol. The van der Waals surface area contributed by atoms with Gasteiger partial charge in [-0.2, -0.15) is 0 Å². The summed E-state index contributed by atoms with van der Waals surface area (Å²) in [5.74, 6) is 2.55. The van der Waals surface area contributed by atoms with E-state index < -0.39 is 0 Å². The SMILES string of the molecule is COc1cccc(CC(C)N)c1OC1CCC(C)CC1. The third kappa shape index (κ3) is 3.89. The summed E-state index contributed by atoms with van der Waals surface area (Å²) in [5, 5.41) is 0. The highest BCUT2D eigenvalue weighted by Gasteiger charge is 2.22. The Bertz CT molecular complexity index is 423. The summed E-state index contributed by atoms with van der Waals surface area (Å²) in [6.45, 7) is 4.34. The lowest BCUT2D eigenvalue weighted by Gasteiger charge is -2.28. The van der Waals surface area contributed by atoms with Crippen LogP contribution in [0, 0.1) is 5.92 Å². The molecule has 0 aliphatic heterocycles. The van der Waals surface area contributed by atoms with Crippen LogP contribution in [0.25, 0.3) is 0 Å². The van der Waals surface area contributed by atoms with Gasteiger partial charge in [0.1, 0.15) is 0 Å². The van der Waals surface area contributed by atoms with Crippen molar-refractivity contribution in [1.29, 1.82) is 0 Å². The van der Waals surface area contributed by atoms with Crippen molar-refractivity contribution in [3.63, 3.8) is 0 Å². The van der Waals surface area contributed by atoms with E-state index in [0.717, 1.165) is 42.2 Å². The van der Waals surface area contributed by atoms with Crippen molar-refractivity contribution in [3.05, 3.63) is 23.8 Å². The van der Waals surface area contributed by atoms with Gasteiger partial charge in [0, 0.05) is 6.04 Å². The van der Waals surface area contributed by atoms with Gasteiger partial charge in [0.2, 0.25) is 0 Å². The number of benzene rings is 1. The van der Waals surface area contributed by atoms with E-state index in [2.05, 4.69) is 13.0 Å². The highest BCUT2D eigenvalue weighted by atomic mass is 16.5. The zero-order valence-corrected chi connectivity index (χ0v) is 12.9. The molecule has 3 nitrogen and oxygen atoms in total. The normalized spacial score (nSPS) is 24.2. The molecule has 1 aliphatic rings. The van der Waals surface area contributed by atoms with Crippen molar-refractivity contribution in [2.75, 3.05) is 7.11 Å². The maximum atomic E-state index is 6.28. The maximum Gasteiger partial charge on any atom is 0.164 e. The second-order valence-corrected chi connectivity index (χ2v) is 6.13. The van der Waals surface area contributed by atoms with Gasteiger partial charge in [-0.3, -0.25) is 0 Å². The molecular formula is C17H27NO2. The summed E-state index contributed by atoms with van der Waals surface area (Å²) in [6, 6.07) is 6.18. The molecule has 20 heavy (non-hydrogen) atoms. The van der Waals surface area contributed by atoms with Crippen LogP contribution in [0.5, 0.6) is 11.5 Å². The number of rotatable bonds is 5. The molecule has 2 rings (SSSR count). The predicted octanol–water partition coefficient (Wildman–Crippen LogP) is 3.54. The molecule has 1 saturated carbocycles. The fourth-order valence-electron chi connectivity index (χ4n) is 2.88. The molecule has 0 radical (unpaired) electrons. The second-order valence-electron chi connectivity index (χ2n) is 6.13. The van der Waals surface area contributed by atoms with Crippen LogP contribution in [-0.4, -0.2) is 19.3 Å². The van der Waals surface area contributed by atoms with Gasteiger partial charge in [-0.05, 0) is 56.6 Å². The minimum Gasteiger partial charge on any atom is -0.493 e. The Morgan fingerprint density at radius 1 is 1.25 bits per heavy atom. The monoisotopic (exact) mass is 277 g/mol. The Hall–Kier alpha value is -1.22. The van der Waals surface area contributed by atoms with Crippen LogP contribution < -0.4 is 15.2 Å². The van der Waals surface area contributed by atoms with Crippen molar-refractivity contribution in [3.8, 4) is 11.5 Å². The molecule has 0 spiro atoms.